The van der Waals surface area contributed by atoms with E-state index >= 15 is 0 Å². The molecule has 2 N–H and O–H groups in total. The van der Waals surface area contributed by atoms with Crippen molar-refractivity contribution in [3.05, 3.63) is 29.8 Å². The highest BCUT2D eigenvalue weighted by molar-refractivity contribution is 5.99. The Bertz CT molecular complexity index is 641. The maximum atomic E-state index is 12.5. The molecular weight excluding hydrogens is 344 g/mol. The van der Waals surface area contributed by atoms with Gasteiger partial charge in [-0.1, -0.05) is 20.8 Å². The molecule has 1 atom stereocenters. The summed E-state index contributed by atoms with van der Waals surface area (Å²) in [6.07, 6.45) is 2.25. The molecule has 1 heterocycles. The van der Waals surface area contributed by atoms with Crippen LogP contribution in [-0.4, -0.2) is 43.2 Å². The van der Waals surface area contributed by atoms with E-state index < -0.39 is 5.54 Å². The summed E-state index contributed by atoms with van der Waals surface area (Å²) < 4.78 is 11.2. The quantitative estimate of drug-likeness (QED) is 0.767. The molecule has 0 bridgehead atoms. The molecule has 1 fully saturated rings. The van der Waals surface area contributed by atoms with Gasteiger partial charge in [0.1, 0.15) is 17.9 Å². The minimum atomic E-state index is -1.00. The van der Waals surface area contributed by atoms with Gasteiger partial charge in [0.25, 0.3) is 5.91 Å². The van der Waals surface area contributed by atoms with Crippen LogP contribution in [0.1, 0.15) is 57.8 Å². The zero-order valence-electron chi connectivity index (χ0n) is 17.1. The Morgan fingerprint density at radius 3 is 2.37 bits per heavy atom. The fraction of sp³-hybridized carbons (Fsp3) is 0.619. The van der Waals surface area contributed by atoms with Crippen LogP contribution in [0.4, 0.5) is 0 Å². The highest BCUT2D eigenvalue weighted by Gasteiger charge is 2.30. The number of nitrogens with one attached hydrogen (secondary N) is 2. The zero-order valence-corrected chi connectivity index (χ0v) is 17.1. The Labute approximate surface area is 162 Å². The topological polar surface area (TPSA) is 76.7 Å². The molecule has 6 nitrogen and oxygen atoms in total. The molecule has 1 aliphatic rings. The minimum Gasteiger partial charge on any atom is -0.491 e. The molecule has 27 heavy (non-hydrogen) atoms. The Kier molecular flexibility index (Phi) is 6.87. The Hall–Kier alpha value is -2.08. The van der Waals surface area contributed by atoms with E-state index in [2.05, 4.69) is 10.6 Å². The second kappa shape index (κ2) is 8.74. The van der Waals surface area contributed by atoms with Crippen molar-refractivity contribution in [3.63, 3.8) is 0 Å². The van der Waals surface area contributed by atoms with E-state index in [0.29, 0.717) is 24.5 Å². The standard InChI is InChI=1S/C21H32N2O4/c1-20(2,3)14-22-19(25)21(4,5)23-18(24)15-8-10-16(11-9-15)27-13-17-7-6-12-26-17/h8-11,17H,6-7,12-14H2,1-5H3,(H,22,25)(H,23,24)/t17-/m0/s1. The largest absolute Gasteiger partial charge is 0.491 e. The Morgan fingerprint density at radius 2 is 1.81 bits per heavy atom. The monoisotopic (exact) mass is 376 g/mol. The van der Waals surface area contributed by atoms with Crippen LogP contribution in [0.15, 0.2) is 24.3 Å². The van der Waals surface area contributed by atoms with E-state index in [1.807, 2.05) is 20.8 Å². The maximum absolute atomic E-state index is 12.5. The third kappa shape index (κ3) is 6.86. The molecule has 1 aromatic carbocycles. The molecule has 0 aliphatic carbocycles. The van der Waals surface area contributed by atoms with Crippen LogP contribution in [-0.2, 0) is 9.53 Å². The molecule has 6 heteroatoms. The van der Waals surface area contributed by atoms with Crippen LogP contribution >= 0.6 is 0 Å². The van der Waals surface area contributed by atoms with Crippen molar-refractivity contribution in [2.45, 2.75) is 59.1 Å². The number of hydrogen-bond acceptors (Lipinski definition) is 4. The van der Waals surface area contributed by atoms with Crippen molar-refractivity contribution in [1.29, 1.82) is 0 Å². The first kappa shape index (κ1) is 21.2. The number of hydrogen-bond donors (Lipinski definition) is 2. The average molecular weight is 376 g/mol. The molecule has 0 spiro atoms. The first-order chi connectivity index (χ1) is 12.6. The first-order valence-corrected chi connectivity index (χ1v) is 9.52. The third-order valence-electron chi connectivity index (χ3n) is 4.35. The van der Waals surface area contributed by atoms with E-state index in [4.69, 9.17) is 9.47 Å². The van der Waals surface area contributed by atoms with Gasteiger partial charge in [-0.3, -0.25) is 9.59 Å². The van der Waals surface area contributed by atoms with Gasteiger partial charge in [0.2, 0.25) is 5.91 Å². The summed E-state index contributed by atoms with van der Waals surface area (Å²) in [6.45, 7) is 11.4. The lowest BCUT2D eigenvalue weighted by molar-refractivity contribution is -0.126. The van der Waals surface area contributed by atoms with Crippen molar-refractivity contribution in [2.24, 2.45) is 5.41 Å². The third-order valence-corrected chi connectivity index (χ3v) is 4.35. The highest BCUT2D eigenvalue weighted by atomic mass is 16.5. The van der Waals surface area contributed by atoms with Crippen molar-refractivity contribution in [3.8, 4) is 5.75 Å². The smallest absolute Gasteiger partial charge is 0.252 e. The molecule has 2 amide bonds. The van der Waals surface area contributed by atoms with Crippen LogP contribution in [0.25, 0.3) is 0 Å². The van der Waals surface area contributed by atoms with Gasteiger partial charge in [-0.2, -0.15) is 0 Å². The lowest BCUT2D eigenvalue weighted by Crippen LogP contribution is -2.55. The van der Waals surface area contributed by atoms with Crippen molar-refractivity contribution >= 4 is 11.8 Å². The van der Waals surface area contributed by atoms with E-state index in [-0.39, 0.29) is 23.3 Å². The van der Waals surface area contributed by atoms with Gasteiger partial charge in [0, 0.05) is 18.7 Å². The summed E-state index contributed by atoms with van der Waals surface area (Å²) in [6, 6.07) is 6.92. The second-order valence-electron chi connectivity index (χ2n) is 8.79. The average Bonchev–Trinajstić information content (AvgIpc) is 3.10. The fourth-order valence-electron chi connectivity index (χ4n) is 2.65. The van der Waals surface area contributed by atoms with Gasteiger partial charge in [-0.25, -0.2) is 0 Å². The summed E-state index contributed by atoms with van der Waals surface area (Å²) in [7, 11) is 0. The number of amides is 2. The van der Waals surface area contributed by atoms with Crippen LogP contribution in [0.5, 0.6) is 5.75 Å². The van der Waals surface area contributed by atoms with Crippen molar-refractivity contribution in [1.82, 2.24) is 10.6 Å². The molecule has 1 aromatic rings. The predicted molar refractivity (Wildman–Crippen MR) is 105 cm³/mol. The van der Waals surface area contributed by atoms with Crippen LogP contribution in [0.3, 0.4) is 0 Å². The Morgan fingerprint density at radius 1 is 1.15 bits per heavy atom. The summed E-state index contributed by atoms with van der Waals surface area (Å²) in [5.41, 5.74) is -0.539. The van der Waals surface area contributed by atoms with Crippen LogP contribution in [0, 0.1) is 5.41 Å². The van der Waals surface area contributed by atoms with E-state index in [1.54, 1.807) is 38.1 Å². The van der Waals surface area contributed by atoms with Crippen LogP contribution in [0.2, 0.25) is 0 Å². The first-order valence-electron chi connectivity index (χ1n) is 9.52. The van der Waals surface area contributed by atoms with E-state index in [0.717, 1.165) is 19.4 Å². The van der Waals surface area contributed by atoms with Gasteiger partial charge < -0.3 is 20.1 Å². The molecule has 150 valence electrons. The fourth-order valence-corrected chi connectivity index (χ4v) is 2.65. The molecule has 1 saturated heterocycles. The van der Waals surface area contributed by atoms with Gasteiger partial charge in [-0.05, 0) is 56.4 Å². The number of benzene rings is 1. The van der Waals surface area contributed by atoms with Gasteiger partial charge in [-0.15, -0.1) is 0 Å². The molecule has 2 rings (SSSR count). The molecular formula is C21H32N2O4. The van der Waals surface area contributed by atoms with Crippen LogP contribution < -0.4 is 15.4 Å². The number of ether oxygens (including phenoxy) is 2. The normalized spacial score (nSPS) is 17.4. The summed E-state index contributed by atoms with van der Waals surface area (Å²) in [5.74, 6) is 0.197. The number of rotatable bonds is 7. The van der Waals surface area contributed by atoms with Gasteiger partial charge in [0.15, 0.2) is 0 Å². The Balaban J connectivity index is 1.87. The molecule has 0 radical (unpaired) electrons. The molecule has 0 aromatic heterocycles. The van der Waals surface area contributed by atoms with E-state index in [9.17, 15) is 9.59 Å². The molecule has 0 saturated carbocycles. The van der Waals surface area contributed by atoms with E-state index in [1.165, 1.54) is 0 Å². The lowest BCUT2D eigenvalue weighted by atomic mass is 9.96. The van der Waals surface area contributed by atoms with Crippen molar-refractivity contribution in [2.75, 3.05) is 19.8 Å². The lowest BCUT2D eigenvalue weighted by Gasteiger charge is -2.27. The predicted octanol–water partition coefficient (Wildman–Crippen LogP) is 2.92. The summed E-state index contributed by atoms with van der Waals surface area (Å²) in [4.78, 5) is 24.9. The second-order valence-corrected chi connectivity index (χ2v) is 8.79. The van der Waals surface area contributed by atoms with Crippen molar-refractivity contribution < 1.29 is 19.1 Å². The van der Waals surface area contributed by atoms with Gasteiger partial charge in [0.05, 0.1) is 6.10 Å². The molecule has 0 unspecified atom stereocenters. The summed E-state index contributed by atoms with van der Waals surface area (Å²) >= 11 is 0. The summed E-state index contributed by atoms with van der Waals surface area (Å²) in [5, 5.41) is 5.68. The minimum absolute atomic E-state index is 0.0187. The SMILES string of the molecule is CC(C)(C)CNC(=O)C(C)(C)NC(=O)c1ccc(OC[C@@H]2CCCO2)cc1. The highest BCUT2D eigenvalue weighted by Crippen LogP contribution is 2.17. The molecule has 1 aliphatic heterocycles. The maximum Gasteiger partial charge on any atom is 0.252 e. The van der Waals surface area contributed by atoms with Gasteiger partial charge >= 0.3 is 0 Å². The number of carbonyl (C=O) groups excluding carboxylic acids is 2. The number of carbonyl (C=O) groups is 2. The zero-order chi connectivity index (χ0) is 20.1.